The summed E-state index contributed by atoms with van der Waals surface area (Å²) in [6, 6.07) is 3.03. The lowest BCUT2D eigenvalue weighted by Crippen LogP contribution is -2.16. The molecule has 0 atom stereocenters. The Morgan fingerprint density at radius 3 is 2.53 bits per heavy atom. The predicted molar refractivity (Wildman–Crippen MR) is 49.1 cm³/mol. The topological polar surface area (TPSA) is 24.9 Å². The first-order valence-corrected chi connectivity index (χ1v) is 4.81. The predicted octanol–water partition coefficient (Wildman–Crippen LogP) is 2.35. The highest BCUT2D eigenvalue weighted by Crippen LogP contribution is 2.27. The zero-order valence-electron chi connectivity index (χ0n) is 8.01. The Hall–Kier alpha value is -1.10. The van der Waals surface area contributed by atoms with Crippen molar-refractivity contribution in [1.82, 2.24) is 10.3 Å². The zero-order chi connectivity index (χ0) is 10.9. The molecule has 0 aliphatic heterocycles. The van der Waals surface area contributed by atoms with Crippen molar-refractivity contribution in [3.8, 4) is 0 Å². The van der Waals surface area contributed by atoms with Crippen LogP contribution in [0.3, 0.4) is 0 Å². The average molecular weight is 216 g/mol. The van der Waals surface area contributed by atoms with Gasteiger partial charge in [0.1, 0.15) is 5.69 Å². The van der Waals surface area contributed by atoms with Crippen LogP contribution < -0.4 is 5.32 Å². The quantitative estimate of drug-likeness (QED) is 0.838. The number of pyridine rings is 1. The van der Waals surface area contributed by atoms with E-state index in [-0.39, 0.29) is 0 Å². The van der Waals surface area contributed by atoms with Gasteiger partial charge in [-0.25, -0.2) is 0 Å². The van der Waals surface area contributed by atoms with Gasteiger partial charge in [0.15, 0.2) is 0 Å². The largest absolute Gasteiger partial charge is 0.433 e. The molecule has 1 aromatic rings. The molecule has 0 radical (unpaired) electrons. The first-order valence-electron chi connectivity index (χ1n) is 4.81. The number of rotatable bonds is 3. The molecule has 0 amide bonds. The second-order valence-electron chi connectivity index (χ2n) is 3.70. The van der Waals surface area contributed by atoms with Crippen molar-refractivity contribution in [2.24, 2.45) is 0 Å². The van der Waals surface area contributed by atoms with Crippen LogP contribution in [0.15, 0.2) is 18.3 Å². The molecule has 1 aliphatic rings. The molecule has 1 heterocycles. The van der Waals surface area contributed by atoms with E-state index >= 15 is 0 Å². The van der Waals surface area contributed by atoms with Gasteiger partial charge in [0.2, 0.25) is 0 Å². The summed E-state index contributed by atoms with van der Waals surface area (Å²) in [5.74, 6) is 0. The first kappa shape index (κ1) is 10.4. The number of halogens is 3. The highest BCUT2D eigenvalue weighted by atomic mass is 19.4. The molecule has 0 aromatic carbocycles. The number of hydrogen-bond acceptors (Lipinski definition) is 2. The maximum absolute atomic E-state index is 12.2. The van der Waals surface area contributed by atoms with Gasteiger partial charge in [-0.2, -0.15) is 13.2 Å². The van der Waals surface area contributed by atoms with E-state index in [1.807, 2.05) is 0 Å². The third-order valence-corrected chi connectivity index (χ3v) is 2.29. The number of hydrogen-bond donors (Lipinski definition) is 1. The highest BCUT2D eigenvalue weighted by Gasteiger charge is 2.32. The summed E-state index contributed by atoms with van der Waals surface area (Å²) in [5, 5.41) is 3.21. The van der Waals surface area contributed by atoms with Gasteiger partial charge in [0, 0.05) is 18.8 Å². The minimum atomic E-state index is -4.34. The molecule has 0 bridgehead atoms. The minimum Gasteiger partial charge on any atom is -0.310 e. The lowest BCUT2D eigenvalue weighted by atomic mass is 10.2. The van der Waals surface area contributed by atoms with Crippen LogP contribution in [0.25, 0.3) is 0 Å². The van der Waals surface area contributed by atoms with Crippen LogP contribution in [0.4, 0.5) is 13.2 Å². The first-order chi connectivity index (χ1) is 7.05. The van der Waals surface area contributed by atoms with Gasteiger partial charge in [-0.05, 0) is 24.5 Å². The van der Waals surface area contributed by atoms with Crippen LogP contribution in [-0.4, -0.2) is 11.0 Å². The fourth-order valence-corrected chi connectivity index (χ4v) is 1.25. The molecule has 0 saturated heterocycles. The molecular weight excluding hydrogens is 205 g/mol. The Balaban J connectivity index is 1.96. The highest BCUT2D eigenvalue weighted by molar-refractivity contribution is 5.16. The molecule has 1 aromatic heterocycles. The molecule has 1 saturated carbocycles. The van der Waals surface area contributed by atoms with E-state index in [2.05, 4.69) is 10.3 Å². The van der Waals surface area contributed by atoms with E-state index in [0.717, 1.165) is 24.5 Å². The van der Waals surface area contributed by atoms with Crippen LogP contribution in [0, 0.1) is 0 Å². The van der Waals surface area contributed by atoms with E-state index in [9.17, 15) is 13.2 Å². The number of nitrogens with one attached hydrogen (secondary N) is 1. The molecule has 5 heteroatoms. The summed E-state index contributed by atoms with van der Waals surface area (Å²) in [5.41, 5.74) is -0.0485. The molecule has 1 N–H and O–H groups in total. The Bertz CT molecular complexity index is 328. The Labute approximate surface area is 85.5 Å². The number of nitrogens with zero attached hydrogens (tertiary/aromatic N) is 1. The maximum atomic E-state index is 12.2. The van der Waals surface area contributed by atoms with E-state index in [1.54, 1.807) is 0 Å². The molecule has 1 fully saturated rings. The molecule has 2 nitrogen and oxygen atoms in total. The minimum absolute atomic E-state index is 0.548. The number of alkyl halides is 3. The maximum Gasteiger partial charge on any atom is 0.433 e. The van der Waals surface area contributed by atoms with Crippen LogP contribution in [0.5, 0.6) is 0 Å². The van der Waals surface area contributed by atoms with Crippen molar-refractivity contribution in [1.29, 1.82) is 0 Å². The second kappa shape index (κ2) is 3.81. The SMILES string of the molecule is FC(F)(F)c1ccc(CNC2CC2)cn1. The van der Waals surface area contributed by atoms with Crippen molar-refractivity contribution >= 4 is 0 Å². The summed E-state index contributed by atoms with van der Waals surface area (Å²) in [7, 11) is 0. The normalized spacial score (nSPS) is 16.7. The zero-order valence-corrected chi connectivity index (χ0v) is 8.01. The second-order valence-corrected chi connectivity index (χ2v) is 3.70. The van der Waals surface area contributed by atoms with Gasteiger partial charge in [0.05, 0.1) is 0 Å². The molecule has 0 spiro atoms. The number of aromatic nitrogens is 1. The van der Waals surface area contributed by atoms with Crippen molar-refractivity contribution in [3.05, 3.63) is 29.6 Å². The van der Waals surface area contributed by atoms with E-state index in [4.69, 9.17) is 0 Å². The fourth-order valence-electron chi connectivity index (χ4n) is 1.25. The van der Waals surface area contributed by atoms with Gasteiger partial charge in [-0.3, -0.25) is 4.98 Å². The summed E-state index contributed by atoms with van der Waals surface area (Å²) < 4.78 is 36.5. The summed E-state index contributed by atoms with van der Waals surface area (Å²) >= 11 is 0. The monoisotopic (exact) mass is 216 g/mol. The fraction of sp³-hybridized carbons (Fsp3) is 0.500. The molecular formula is C10H11F3N2. The van der Waals surface area contributed by atoms with E-state index in [0.29, 0.717) is 12.6 Å². The van der Waals surface area contributed by atoms with Gasteiger partial charge in [-0.1, -0.05) is 6.07 Å². The summed E-state index contributed by atoms with van der Waals surface area (Å²) in [6.45, 7) is 0.593. The van der Waals surface area contributed by atoms with Crippen molar-refractivity contribution in [2.75, 3.05) is 0 Å². The molecule has 1 aliphatic carbocycles. The Morgan fingerprint density at radius 1 is 1.33 bits per heavy atom. The van der Waals surface area contributed by atoms with Crippen LogP contribution in [-0.2, 0) is 12.7 Å². The third kappa shape index (κ3) is 2.92. The molecule has 0 unspecified atom stereocenters. The molecule has 2 rings (SSSR count). The van der Waals surface area contributed by atoms with Crippen LogP contribution >= 0.6 is 0 Å². The van der Waals surface area contributed by atoms with E-state index < -0.39 is 11.9 Å². The summed E-state index contributed by atoms with van der Waals surface area (Å²) in [4.78, 5) is 3.38. The van der Waals surface area contributed by atoms with E-state index in [1.165, 1.54) is 12.3 Å². The van der Waals surface area contributed by atoms with Gasteiger partial charge in [0.25, 0.3) is 0 Å². The standard InChI is InChI=1S/C10H11F3N2/c11-10(12,13)9-4-1-7(6-15-9)5-14-8-2-3-8/h1,4,6,8,14H,2-3,5H2. The van der Waals surface area contributed by atoms with Crippen molar-refractivity contribution in [2.45, 2.75) is 31.6 Å². The Kier molecular flexibility index (Phi) is 2.65. The molecule has 82 valence electrons. The van der Waals surface area contributed by atoms with Crippen LogP contribution in [0.1, 0.15) is 24.1 Å². The smallest absolute Gasteiger partial charge is 0.310 e. The lowest BCUT2D eigenvalue weighted by Gasteiger charge is -2.06. The molecule has 15 heavy (non-hydrogen) atoms. The van der Waals surface area contributed by atoms with Crippen LogP contribution in [0.2, 0.25) is 0 Å². The van der Waals surface area contributed by atoms with Crippen molar-refractivity contribution < 1.29 is 13.2 Å². The van der Waals surface area contributed by atoms with Gasteiger partial charge >= 0.3 is 6.18 Å². The Morgan fingerprint density at radius 2 is 2.07 bits per heavy atom. The van der Waals surface area contributed by atoms with Crippen molar-refractivity contribution in [3.63, 3.8) is 0 Å². The van der Waals surface area contributed by atoms with Gasteiger partial charge in [-0.15, -0.1) is 0 Å². The third-order valence-electron chi connectivity index (χ3n) is 2.29. The van der Waals surface area contributed by atoms with Gasteiger partial charge < -0.3 is 5.32 Å². The lowest BCUT2D eigenvalue weighted by molar-refractivity contribution is -0.141. The summed E-state index contributed by atoms with van der Waals surface area (Å²) in [6.07, 6.45) is -0.747. The average Bonchev–Trinajstić information content (AvgIpc) is 2.97.